The highest BCUT2D eigenvalue weighted by Gasteiger charge is 2.29. The molecule has 5 heteroatoms. The number of hydrogen-bond donors (Lipinski definition) is 4. The molecule has 0 aromatic carbocycles. The Morgan fingerprint density at radius 1 is 0.900 bits per heavy atom. The molecule has 4 N–H and O–H groups in total. The topological polar surface area (TPSA) is 84.2 Å². The first-order chi connectivity index (χ1) is 9.10. The molecule has 0 amide bonds. The lowest BCUT2D eigenvalue weighted by atomic mass is 9.83. The summed E-state index contributed by atoms with van der Waals surface area (Å²) in [6, 6.07) is 0.178. The van der Waals surface area contributed by atoms with E-state index in [1.165, 1.54) is 0 Å². The van der Waals surface area contributed by atoms with Gasteiger partial charge in [-0.15, -0.1) is 0 Å². The molecule has 0 aliphatic heterocycles. The number of rotatable bonds is 9. The van der Waals surface area contributed by atoms with Crippen LogP contribution in [0, 0.1) is 11.3 Å². The lowest BCUT2D eigenvalue weighted by Gasteiger charge is -2.39. The van der Waals surface area contributed by atoms with Crippen molar-refractivity contribution in [3.63, 3.8) is 0 Å². The summed E-state index contributed by atoms with van der Waals surface area (Å²) < 4.78 is 0. The van der Waals surface area contributed by atoms with Crippen molar-refractivity contribution >= 4 is 0 Å². The van der Waals surface area contributed by atoms with Gasteiger partial charge in [0.15, 0.2) is 0 Å². The van der Waals surface area contributed by atoms with Gasteiger partial charge in [-0.1, -0.05) is 34.6 Å². The fraction of sp³-hybridized carbons (Fsp3) is 1.00. The Morgan fingerprint density at radius 3 is 1.55 bits per heavy atom. The largest absolute Gasteiger partial charge is 0.394 e. The summed E-state index contributed by atoms with van der Waals surface area (Å²) in [5.41, 5.74) is 0.127. The molecule has 0 spiro atoms. The molecule has 0 saturated carbocycles. The average Bonchev–Trinajstić information content (AvgIpc) is 2.33. The first kappa shape index (κ1) is 19.8. The van der Waals surface area contributed by atoms with Gasteiger partial charge in [-0.3, -0.25) is 4.90 Å². The zero-order chi connectivity index (χ0) is 15.9. The number of aliphatic hydroxyl groups is 4. The van der Waals surface area contributed by atoms with Crippen molar-refractivity contribution in [1.82, 2.24) is 4.90 Å². The zero-order valence-electron chi connectivity index (χ0n) is 13.6. The summed E-state index contributed by atoms with van der Waals surface area (Å²) in [7, 11) is 0. The van der Waals surface area contributed by atoms with Gasteiger partial charge in [0.05, 0.1) is 25.4 Å². The maximum atomic E-state index is 9.71. The summed E-state index contributed by atoms with van der Waals surface area (Å²) >= 11 is 0. The Morgan fingerprint density at radius 2 is 1.30 bits per heavy atom. The third-order valence-corrected chi connectivity index (χ3v) is 3.37. The SMILES string of the molecule is CC(C)C(CC(C)(C)C)N(CC(O)CO)CC(O)CO. The predicted octanol–water partition coefficient (Wildman–Crippen LogP) is 0.456. The van der Waals surface area contributed by atoms with Crippen LogP contribution in [0.1, 0.15) is 41.0 Å². The van der Waals surface area contributed by atoms with Gasteiger partial charge >= 0.3 is 0 Å². The van der Waals surface area contributed by atoms with Crippen molar-refractivity contribution in [2.45, 2.75) is 59.3 Å². The van der Waals surface area contributed by atoms with Gasteiger partial charge in [-0.25, -0.2) is 0 Å². The predicted molar refractivity (Wildman–Crippen MR) is 80.5 cm³/mol. The second-order valence-electron chi connectivity index (χ2n) is 7.20. The van der Waals surface area contributed by atoms with Gasteiger partial charge in [0.1, 0.15) is 0 Å². The Balaban J connectivity index is 4.98. The molecular weight excluding hydrogens is 258 g/mol. The fourth-order valence-electron chi connectivity index (χ4n) is 2.42. The minimum atomic E-state index is -0.831. The average molecular weight is 291 g/mol. The standard InChI is InChI=1S/C15H33NO4/c1-11(2)14(6-15(3,4)5)16(7-12(19)9-17)8-13(20)10-18/h11-14,17-20H,6-10H2,1-5H3. The molecule has 3 atom stereocenters. The second-order valence-corrected chi connectivity index (χ2v) is 7.20. The maximum absolute atomic E-state index is 9.71. The van der Waals surface area contributed by atoms with Gasteiger partial charge in [0.25, 0.3) is 0 Å². The maximum Gasteiger partial charge on any atom is 0.0897 e. The molecule has 0 aromatic rings. The van der Waals surface area contributed by atoms with E-state index in [-0.39, 0.29) is 24.7 Å². The first-order valence-corrected chi connectivity index (χ1v) is 7.42. The summed E-state index contributed by atoms with van der Waals surface area (Å²) in [6.07, 6.45) is -0.745. The summed E-state index contributed by atoms with van der Waals surface area (Å²) in [6.45, 7) is 10.7. The number of hydrogen-bond acceptors (Lipinski definition) is 5. The smallest absolute Gasteiger partial charge is 0.0897 e. The van der Waals surface area contributed by atoms with Crippen LogP contribution in [0.4, 0.5) is 0 Å². The fourth-order valence-corrected chi connectivity index (χ4v) is 2.42. The molecule has 5 nitrogen and oxygen atoms in total. The van der Waals surface area contributed by atoms with Crippen LogP contribution in [0.5, 0.6) is 0 Å². The highest BCUT2D eigenvalue weighted by Crippen LogP contribution is 2.28. The van der Waals surface area contributed by atoms with Crippen molar-refractivity contribution in [2.24, 2.45) is 11.3 Å². The highest BCUT2D eigenvalue weighted by atomic mass is 16.3. The van der Waals surface area contributed by atoms with E-state index in [9.17, 15) is 10.2 Å². The molecule has 0 heterocycles. The Hall–Kier alpha value is -0.200. The second kappa shape index (κ2) is 8.95. The van der Waals surface area contributed by atoms with Crippen LogP contribution >= 0.6 is 0 Å². The van der Waals surface area contributed by atoms with Gasteiger partial charge in [0, 0.05) is 19.1 Å². The van der Waals surface area contributed by atoms with Gasteiger partial charge in [-0.05, 0) is 17.8 Å². The number of nitrogens with zero attached hydrogens (tertiary/aromatic N) is 1. The number of aliphatic hydroxyl groups excluding tert-OH is 4. The van der Waals surface area contributed by atoms with Crippen LogP contribution in [0.3, 0.4) is 0 Å². The Labute approximate surface area is 123 Å². The van der Waals surface area contributed by atoms with Crippen LogP contribution < -0.4 is 0 Å². The summed E-state index contributed by atoms with van der Waals surface area (Å²) in [5.74, 6) is 0.353. The molecule has 0 aliphatic rings. The van der Waals surface area contributed by atoms with Gasteiger partial charge in [-0.2, -0.15) is 0 Å². The van der Waals surface area contributed by atoms with E-state index in [1.807, 2.05) is 4.90 Å². The van der Waals surface area contributed by atoms with Crippen LogP contribution in [-0.2, 0) is 0 Å². The van der Waals surface area contributed by atoms with E-state index < -0.39 is 12.2 Å². The van der Waals surface area contributed by atoms with Crippen molar-refractivity contribution in [3.8, 4) is 0 Å². The molecule has 20 heavy (non-hydrogen) atoms. The molecular formula is C15H33NO4. The molecule has 0 rings (SSSR count). The van der Waals surface area contributed by atoms with Gasteiger partial charge < -0.3 is 20.4 Å². The summed E-state index contributed by atoms with van der Waals surface area (Å²) in [4.78, 5) is 1.98. The zero-order valence-corrected chi connectivity index (χ0v) is 13.6. The normalized spacial score (nSPS) is 17.6. The van der Waals surface area contributed by atoms with E-state index in [2.05, 4.69) is 34.6 Å². The molecule has 0 saturated heterocycles. The molecule has 0 aromatic heterocycles. The molecule has 0 radical (unpaired) electrons. The quantitative estimate of drug-likeness (QED) is 0.496. The minimum Gasteiger partial charge on any atom is -0.394 e. The van der Waals surface area contributed by atoms with Gasteiger partial charge in [0.2, 0.25) is 0 Å². The van der Waals surface area contributed by atoms with Crippen molar-refractivity contribution in [1.29, 1.82) is 0 Å². The Kier molecular flexibility index (Phi) is 8.86. The van der Waals surface area contributed by atoms with Crippen LogP contribution in [0.25, 0.3) is 0 Å². The highest BCUT2D eigenvalue weighted by molar-refractivity contribution is 4.83. The monoisotopic (exact) mass is 291 g/mol. The van der Waals surface area contributed by atoms with Crippen LogP contribution in [0.15, 0.2) is 0 Å². The lowest BCUT2D eigenvalue weighted by molar-refractivity contribution is -0.00988. The molecule has 0 aliphatic carbocycles. The van der Waals surface area contributed by atoms with E-state index in [0.717, 1.165) is 6.42 Å². The first-order valence-electron chi connectivity index (χ1n) is 7.42. The summed E-state index contributed by atoms with van der Waals surface area (Å²) in [5, 5.41) is 37.5. The third-order valence-electron chi connectivity index (χ3n) is 3.37. The van der Waals surface area contributed by atoms with Crippen molar-refractivity contribution < 1.29 is 20.4 Å². The lowest BCUT2D eigenvalue weighted by Crippen LogP contribution is -2.49. The van der Waals surface area contributed by atoms with E-state index in [4.69, 9.17) is 10.2 Å². The minimum absolute atomic E-state index is 0.127. The molecule has 0 bridgehead atoms. The Bertz CT molecular complexity index is 241. The molecule has 0 fully saturated rings. The molecule has 122 valence electrons. The van der Waals surface area contributed by atoms with E-state index in [0.29, 0.717) is 19.0 Å². The van der Waals surface area contributed by atoms with Crippen molar-refractivity contribution in [3.05, 3.63) is 0 Å². The molecule has 3 unspecified atom stereocenters. The third kappa shape index (κ3) is 8.17. The van der Waals surface area contributed by atoms with E-state index >= 15 is 0 Å². The van der Waals surface area contributed by atoms with Crippen LogP contribution in [0.2, 0.25) is 0 Å². The van der Waals surface area contributed by atoms with Crippen molar-refractivity contribution in [2.75, 3.05) is 26.3 Å². The van der Waals surface area contributed by atoms with E-state index in [1.54, 1.807) is 0 Å². The van der Waals surface area contributed by atoms with Crippen LogP contribution in [-0.4, -0.2) is 69.9 Å².